The third-order valence-corrected chi connectivity index (χ3v) is 2.94. The fourth-order valence-corrected chi connectivity index (χ4v) is 2.01. The standard InChI is InChI=1S/C11H19BrN4/c1-5-8-10(12)11(13-6-2)15-9(14-8)7-16(3)4/h5-7H2,1-4H3,(H,13,14,15). The van der Waals surface area contributed by atoms with Gasteiger partial charge in [0.25, 0.3) is 0 Å². The van der Waals surface area contributed by atoms with Gasteiger partial charge in [-0.3, -0.25) is 0 Å². The molecule has 1 aromatic heterocycles. The predicted molar refractivity (Wildman–Crippen MR) is 70.7 cm³/mol. The lowest BCUT2D eigenvalue weighted by Gasteiger charge is -2.13. The van der Waals surface area contributed by atoms with Gasteiger partial charge in [-0.25, -0.2) is 9.97 Å². The number of hydrogen-bond donors (Lipinski definition) is 1. The van der Waals surface area contributed by atoms with Crippen LogP contribution in [0.5, 0.6) is 0 Å². The highest BCUT2D eigenvalue weighted by Gasteiger charge is 2.10. The van der Waals surface area contributed by atoms with Gasteiger partial charge in [0.1, 0.15) is 11.6 Å². The molecule has 0 aliphatic heterocycles. The van der Waals surface area contributed by atoms with E-state index < -0.39 is 0 Å². The summed E-state index contributed by atoms with van der Waals surface area (Å²) in [6, 6.07) is 0. The van der Waals surface area contributed by atoms with Crippen molar-refractivity contribution < 1.29 is 0 Å². The van der Waals surface area contributed by atoms with Gasteiger partial charge in [-0.15, -0.1) is 0 Å². The molecule has 0 aliphatic carbocycles. The van der Waals surface area contributed by atoms with Crippen molar-refractivity contribution in [2.45, 2.75) is 26.8 Å². The zero-order valence-electron chi connectivity index (χ0n) is 10.3. The Bertz CT molecular complexity index is 352. The first-order valence-electron chi connectivity index (χ1n) is 5.52. The molecule has 0 aromatic carbocycles. The van der Waals surface area contributed by atoms with E-state index in [1.807, 2.05) is 14.1 Å². The van der Waals surface area contributed by atoms with E-state index in [1.165, 1.54) is 0 Å². The smallest absolute Gasteiger partial charge is 0.145 e. The number of nitrogens with one attached hydrogen (secondary N) is 1. The van der Waals surface area contributed by atoms with E-state index in [1.54, 1.807) is 0 Å². The number of hydrogen-bond acceptors (Lipinski definition) is 4. The average Bonchev–Trinajstić information content (AvgIpc) is 2.22. The normalized spacial score (nSPS) is 10.9. The molecule has 1 N–H and O–H groups in total. The highest BCUT2D eigenvalue weighted by atomic mass is 79.9. The molecule has 5 heteroatoms. The molecule has 1 heterocycles. The van der Waals surface area contributed by atoms with Gasteiger partial charge in [0.05, 0.1) is 16.7 Å². The maximum atomic E-state index is 4.53. The van der Waals surface area contributed by atoms with Gasteiger partial charge in [-0.05, 0) is 43.4 Å². The lowest BCUT2D eigenvalue weighted by Crippen LogP contribution is -2.16. The minimum Gasteiger partial charge on any atom is -0.369 e. The van der Waals surface area contributed by atoms with Crippen molar-refractivity contribution in [2.24, 2.45) is 0 Å². The number of aryl methyl sites for hydroxylation is 1. The molecule has 1 rings (SSSR count). The van der Waals surface area contributed by atoms with Crippen molar-refractivity contribution in [3.05, 3.63) is 16.0 Å². The summed E-state index contributed by atoms with van der Waals surface area (Å²) in [7, 11) is 4.04. The number of aromatic nitrogens is 2. The summed E-state index contributed by atoms with van der Waals surface area (Å²) < 4.78 is 0.986. The Morgan fingerprint density at radius 1 is 1.25 bits per heavy atom. The van der Waals surface area contributed by atoms with Crippen LogP contribution in [0.4, 0.5) is 5.82 Å². The first-order chi connectivity index (χ1) is 7.58. The fourth-order valence-electron chi connectivity index (χ4n) is 1.42. The second-order valence-corrected chi connectivity index (χ2v) is 4.66. The predicted octanol–water partition coefficient (Wildman–Crippen LogP) is 2.29. The van der Waals surface area contributed by atoms with Gasteiger partial charge in [-0.2, -0.15) is 0 Å². The summed E-state index contributed by atoms with van der Waals surface area (Å²) >= 11 is 3.54. The van der Waals surface area contributed by atoms with Crippen molar-refractivity contribution in [1.82, 2.24) is 14.9 Å². The Kier molecular flexibility index (Phi) is 5.15. The molecule has 1 aromatic rings. The molecular formula is C11H19BrN4. The van der Waals surface area contributed by atoms with Gasteiger partial charge in [-0.1, -0.05) is 6.92 Å². The van der Waals surface area contributed by atoms with E-state index in [2.05, 4.69) is 50.0 Å². The van der Waals surface area contributed by atoms with Gasteiger partial charge in [0.2, 0.25) is 0 Å². The van der Waals surface area contributed by atoms with Crippen LogP contribution in [0.25, 0.3) is 0 Å². The van der Waals surface area contributed by atoms with Crippen LogP contribution in [0.3, 0.4) is 0 Å². The molecule has 0 atom stereocenters. The van der Waals surface area contributed by atoms with Crippen LogP contribution < -0.4 is 5.32 Å². The summed E-state index contributed by atoms with van der Waals surface area (Å²) in [5.41, 5.74) is 1.06. The summed E-state index contributed by atoms with van der Waals surface area (Å²) in [5.74, 6) is 1.76. The van der Waals surface area contributed by atoms with Gasteiger partial charge in [0, 0.05) is 6.54 Å². The summed E-state index contributed by atoms with van der Waals surface area (Å²) in [5, 5.41) is 3.25. The Morgan fingerprint density at radius 2 is 1.94 bits per heavy atom. The van der Waals surface area contributed by atoms with E-state index in [0.717, 1.165) is 41.3 Å². The number of nitrogens with zero attached hydrogens (tertiary/aromatic N) is 3. The molecule has 0 spiro atoms. The molecule has 0 radical (unpaired) electrons. The maximum absolute atomic E-state index is 4.53. The Labute approximate surface area is 106 Å². The van der Waals surface area contributed by atoms with Crippen molar-refractivity contribution in [3.8, 4) is 0 Å². The molecule has 0 fully saturated rings. The third kappa shape index (κ3) is 3.42. The Morgan fingerprint density at radius 3 is 2.44 bits per heavy atom. The second kappa shape index (κ2) is 6.15. The number of rotatable bonds is 5. The largest absolute Gasteiger partial charge is 0.369 e. The van der Waals surface area contributed by atoms with Crippen LogP contribution in [0.2, 0.25) is 0 Å². The van der Waals surface area contributed by atoms with Crippen LogP contribution in [0, 0.1) is 0 Å². The van der Waals surface area contributed by atoms with Gasteiger partial charge in [0.15, 0.2) is 0 Å². The zero-order chi connectivity index (χ0) is 12.1. The molecule has 0 aliphatic rings. The van der Waals surface area contributed by atoms with Crippen molar-refractivity contribution in [1.29, 1.82) is 0 Å². The summed E-state index contributed by atoms with van der Waals surface area (Å²) in [6.07, 6.45) is 0.905. The molecule has 4 nitrogen and oxygen atoms in total. The number of anilines is 1. The monoisotopic (exact) mass is 286 g/mol. The second-order valence-electron chi connectivity index (χ2n) is 3.87. The molecule has 0 bridgehead atoms. The van der Waals surface area contributed by atoms with Crippen LogP contribution in [-0.4, -0.2) is 35.5 Å². The third-order valence-electron chi connectivity index (χ3n) is 2.10. The summed E-state index contributed by atoms with van der Waals surface area (Å²) in [6.45, 7) is 5.78. The van der Waals surface area contributed by atoms with Crippen LogP contribution >= 0.6 is 15.9 Å². The highest BCUT2D eigenvalue weighted by Crippen LogP contribution is 2.24. The SMILES string of the molecule is CCNc1nc(CN(C)C)nc(CC)c1Br. The molecule has 0 saturated carbocycles. The Balaban J connectivity index is 3.07. The van der Waals surface area contributed by atoms with E-state index in [0.29, 0.717) is 0 Å². The minimum absolute atomic E-state index is 0.763. The first kappa shape index (κ1) is 13.4. The molecular weight excluding hydrogens is 268 g/mol. The molecule has 0 saturated heterocycles. The minimum atomic E-state index is 0.763. The average molecular weight is 287 g/mol. The van der Waals surface area contributed by atoms with Crippen molar-refractivity contribution in [3.63, 3.8) is 0 Å². The molecule has 16 heavy (non-hydrogen) atoms. The lowest BCUT2D eigenvalue weighted by atomic mass is 10.3. The summed E-state index contributed by atoms with van der Waals surface area (Å²) in [4.78, 5) is 11.1. The van der Waals surface area contributed by atoms with Gasteiger partial charge >= 0.3 is 0 Å². The molecule has 90 valence electrons. The zero-order valence-corrected chi connectivity index (χ0v) is 11.9. The molecule has 0 unspecified atom stereocenters. The van der Waals surface area contributed by atoms with E-state index in [9.17, 15) is 0 Å². The van der Waals surface area contributed by atoms with Crippen molar-refractivity contribution >= 4 is 21.7 Å². The van der Waals surface area contributed by atoms with Crippen molar-refractivity contribution in [2.75, 3.05) is 26.0 Å². The topological polar surface area (TPSA) is 41.1 Å². The number of halogens is 1. The van der Waals surface area contributed by atoms with Gasteiger partial charge < -0.3 is 10.2 Å². The van der Waals surface area contributed by atoms with E-state index >= 15 is 0 Å². The highest BCUT2D eigenvalue weighted by molar-refractivity contribution is 9.10. The Hall–Kier alpha value is -0.680. The quantitative estimate of drug-likeness (QED) is 0.902. The lowest BCUT2D eigenvalue weighted by molar-refractivity contribution is 0.390. The first-order valence-corrected chi connectivity index (χ1v) is 6.31. The van der Waals surface area contributed by atoms with Crippen LogP contribution in [0.15, 0.2) is 4.47 Å². The molecule has 0 amide bonds. The van der Waals surface area contributed by atoms with E-state index in [4.69, 9.17) is 0 Å². The van der Waals surface area contributed by atoms with Crippen LogP contribution in [0.1, 0.15) is 25.4 Å². The van der Waals surface area contributed by atoms with Crippen LogP contribution in [-0.2, 0) is 13.0 Å². The fraction of sp³-hybridized carbons (Fsp3) is 0.636. The maximum Gasteiger partial charge on any atom is 0.145 e. The van der Waals surface area contributed by atoms with E-state index in [-0.39, 0.29) is 0 Å².